The van der Waals surface area contributed by atoms with Gasteiger partial charge < -0.3 is 16.4 Å². The quantitative estimate of drug-likeness (QED) is 0.585. The van der Waals surface area contributed by atoms with E-state index in [1.165, 1.54) is 24.0 Å². The monoisotopic (exact) mass is 348 g/mol. The standard InChI is InChI=1S/C21H24N4O/c22-21(25-18-11-5-7-14-6-1-2-8-15(14)18)23-13-12-17-16-9-3-4-10-19(16)24-20(17)26/h3-5,7,9-11,17H,1-2,6,8,12-13H2,(H,24,26)(H3,22,23,25). The first-order valence-electron chi connectivity index (χ1n) is 9.30. The van der Waals surface area contributed by atoms with E-state index in [2.05, 4.69) is 33.8 Å². The topological polar surface area (TPSA) is 79.5 Å². The lowest BCUT2D eigenvalue weighted by Crippen LogP contribution is -2.24. The molecule has 1 atom stereocenters. The fraction of sp³-hybridized carbons (Fsp3) is 0.333. The molecule has 0 saturated heterocycles. The maximum absolute atomic E-state index is 12.2. The van der Waals surface area contributed by atoms with Gasteiger partial charge in [0.25, 0.3) is 0 Å². The summed E-state index contributed by atoms with van der Waals surface area (Å²) >= 11 is 0. The first kappa shape index (κ1) is 16.6. The number of hydrogen-bond acceptors (Lipinski definition) is 2. The number of carbonyl (C=O) groups is 1. The van der Waals surface area contributed by atoms with E-state index in [1.807, 2.05) is 24.3 Å². The average molecular weight is 348 g/mol. The molecule has 26 heavy (non-hydrogen) atoms. The lowest BCUT2D eigenvalue weighted by atomic mass is 9.90. The largest absolute Gasteiger partial charge is 0.370 e. The Morgan fingerprint density at radius 1 is 1.15 bits per heavy atom. The van der Waals surface area contributed by atoms with Crippen molar-refractivity contribution in [1.82, 2.24) is 0 Å². The molecule has 1 unspecified atom stereocenters. The third kappa shape index (κ3) is 3.29. The number of para-hydroxylation sites is 1. The number of benzene rings is 2. The van der Waals surface area contributed by atoms with E-state index in [-0.39, 0.29) is 11.8 Å². The predicted octanol–water partition coefficient (Wildman–Crippen LogP) is 3.42. The van der Waals surface area contributed by atoms with E-state index in [4.69, 9.17) is 5.73 Å². The van der Waals surface area contributed by atoms with Crippen molar-refractivity contribution in [2.24, 2.45) is 10.7 Å². The Bertz CT molecular complexity index is 859. The molecular formula is C21H24N4O. The van der Waals surface area contributed by atoms with E-state index in [9.17, 15) is 4.79 Å². The second-order valence-electron chi connectivity index (χ2n) is 6.96. The zero-order valence-corrected chi connectivity index (χ0v) is 14.8. The predicted molar refractivity (Wildman–Crippen MR) is 106 cm³/mol. The number of amides is 1. The summed E-state index contributed by atoms with van der Waals surface area (Å²) in [6.07, 6.45) is 5.35. The van der Waals surface area contributed by atoms with Crippen LogP contribution in [0.1, 0.15) is 41.9 Å². The van der Waals surface area contributed by atoms with E-state index < -0.39 is 0 Å². The van der Waals surface area contributed by atoms with Gasteiger partial charge in [0.2, 0.25) is 5.91 Å². The van der Waals surface area contributed by atoms with Crippen molar-refractivity contribution in [2.75, 3.05) is 17.2 Å². The van der Waals surface area contributed by atoms with Crippen LogP contribution in [0.5, 0.6) is 0 Å². The zero-order chi connectivity index (χ0) is 17.9. The Labute approximate surface area is 153 Å². The molecule has 0 bridgehead atoms. The van der Waals surface area contributed by atoms with Crippen LogP contribution in [0.4, 0.5) is 11.4 Å². The van der Waals surface area contributed by atoms with Gasteiger partial charge in [-0.15, -0.1) is 0 Å². The molecule has 5 heteroatoms. The number of nitrogens with one attached hydrogen (secondary N) is 2. The highest BCUT2D eigenvalue weighted by molar-refractivity contribution is 6.02. The smallest absolute Gasteiger partial charge is 0.232 e. The average Bonchev–Trinajstić information content (AvgIpc) is 2.98. The lowest BCUT2D eigenvalue weighted by molar-refractivity contribution is -0.117. The number of aryl methyl sites for hydroxylation is 1. The van der Waals surface area contributed by atoms with Crippen molar-refractivity contribution in [3.63, 3.8) is 0 Å². The van der Waals surface area contributed by atoms with Crippen molar-refractivity contribution in [3.05, 3.63) is 59.2 Å². The summed E-state index contributed by atoms with van der Waals surface area (Å²) in [6, 6.07) is 14.2. The van der Waals surface area contributed by atoms with Gasteiger partial charge in [-0.25, -0.2) is 0 Å². The second-order valence-corrected chi connectivity index (χ2v) is 6.96. The molecule has 134 valence electrons. The minimum Gasteiger partial charge on any atom is -0.370 e. The van der Waals surface area contributed by atoms with Crippen LogP contribution in [0.15, 0.2) is 47.5 Å². The molecule has 1 amide bonds. The molecule has 1 heterocycles. The van der Waals surface area contributed by atoms with Gasteiger partial charge in [0.15, 0.2) is 5.96 Å². The molecule has 0 saturated carbocycles. The Balaban J connectivity index is 1.40. The summed E-state index contributed by atoms with van der Waals surface area (Å²) in [7, 11) is 0. The van der Waals surface area contributed by atoms with Crippen LogP contribution < -0.4 is 16.4 Å². The third-order valence-corrected chi connectivity index (χ3v) is 5.27. The highest BCUT2D eigenvalue weighted by atomic mass is 16.2. The Hall–Kier alpha value is -2.82. The van der Waals surface area contributed by atoms with Gasteiger partial charge in [-0.3, -0.25) is 9.79 Å². The van der Waals surface area contributed by atoms with Gasteiger partial charge in [-0.2, -0.15) is 0 Å². The molecule has 4 rings (SSSR count). The Morgan fingerprint density at radius 2 is 2.00 bits per heavy atom. The summed E-state index contributed by atoms with van der Waals surface area (Å²) in [5, 5.41) is 6.18. The van der Waals surface area contributed by atoms with Gasteiger partial charge in [0, 0.05) is 17.9 Å². The summed E-state index contributed by atoms with van der Waals surface area (Å²) in [5.41, 5.74) is 11.9. The molecule has 0 spiro atoms. The summed E-state index contributed by atoms with van der Waals surface area (Å²) in [6.45, 7) is 0.514. The van der Waals surface area contributed by atoms with Crippen LogP contribution in [-0.2, 0) is 17.6 Å². The molecule has 5 nitrogen and oxygen atoms in total. The number of aliphatic imine (C=N–C) groups is 1. The van der Waals surface area contributed by atoms with Crippen LogP contribution in [0, 0.1) is 0 Å². The molecule has 0 aromatic heterocycles. The SMILES string of the molecule is NC(=NCCC1C(=O)Nc2ccccc21)Nc1cccc2c1CCCC2. The number of nitrogens with two attached hydrogens (primary N) is 1. The maximum atomic E-state index is 12.2. The second kappa shape index (κ2) is 7.20. The normalized spacial score (nSPS) is 18.8. The van der Waals surface area contributed by atoms with E-state index in [1.54, 1.807) is 0 Å². The van der Waals surface area contributed by atoms with E-state index in [0.29, 0.717) is 18.9 Å². The van der Waals surface area contributed by atoms with Gasteiger partial charge >= 0.3 is 0 Å². The van der Waals surface area contributed by atoms with E-state index >= 15 is 0 Å². The maximum Gasteiger partial charge on any atom is 0.232 e. The number of nitrogens with zero attached hydrogens (tertiary/aromatic N) is 1. The van der Waals surface area contributed by atoms with Gasteiger partial charge in [-0.05, 0) is 60.9 Å². The molecule has 1 aliphatic heterocycles. The summed E-state index contributed by atoms with van der Waals surface area (Å²) in [4.78, 5) is 16.6. The van der Waals surface area contributed by atoms with Gasteiger partial charge in [0.05, 0.1) is 5.92 Å². The minimum absolute atomic E-state index is 0.0464. The van der Waals surface area contributed by atoms with Crippen molar-refractivity contribution in [2.45, 2.75) is 38.0 Å². The number of carbonyl (C=O) groups excluding carboxylic acids is 1. The molecular weight excluding hydrogens is 324 g/mol. The van der Waals surface area contributed by atoms with Crippen LogP contribution >= 0.6 is 0 Å². The number of guanidine groups is 1. The fourth-order valence-corrected chi connectivity index (χ4v) is 3.95. The molecule has 2 aromatic carbocycles. The molecule has 0 radical (unpaired) electrons. The van der Waals surface area contributed by atoms with Crippen molar-refractivity contribution in [1.29, 1.82) is 0 Å². The fourth-order valence-electron chi connectivity index (χ4n) is 3.95. The Kier molecular flexibility index (Phi) is 4.61. The van der Waals surface area contributed by atoms with Gasteiger partial charge in [-0.1, -0.05) is 30.3 Å². The summed E-state index contributed by atoms with van der Waals surface area (Å²) in [5.74, 6) is 0.313. The molecule has 2 aliphatic rings. The van der Waals surface area contributed by atoms with E-state index in [0.717, 1.165) is 29.8 Å². The molecule has 1 aliphatic carbocycles. The minimum atomic E-state index is -0.146. The number of hydrogen-bond donors (Lipinski definition) is 3. The zero-order valence-electron chi connectivity index (χ0n) is 14.8. The van der Waals surface area contributed by atoms with Crippen LogP contribution in [0.3, 0.4) is 0 Å². The first-order chi connectivity index (χ1) is 12.7. The number of anilines is 2. The van der Waals surface area contributed by atoms with Crippen LogP contribution in [0.2, 0.25) is 0 Å². The van der Waals surface area contributed by atoms with Crippen molar-refractivity contribution < 1.29 is 4.79 Å². The van der Waals surface area contributed by atoms with Crippen LogP contribution in [0.25, 0.3) is 0 Å². The van der Waals surface area contributed by atoms with Crippen molar-refractivity contribution >= 4 is 23.2 Å². The van der Waals surface area contributed by atoms with Gasteiger partial charge in [0.1, 0.15) is 0 Å². The molecule has 0 fully saturated rings. The third-order valence-electron chi connectivity index (χ3n) is 5.27. The highest BCUT2D eigenvalue weighted by Crippen LogP contribution is 2.34. The number of rotatable bonds is 4. The van der Waals surface area contributed by atoms with Crippen molar-refractivity contribution in [3.8, 4) is 0 Å². The highest BCUT2D eigenvalue weighted by Gasteiger charge is 2.29. The lowest BCUT2D eigenvalue weighted by Gasteiger charge is -2.19. The van der Waals surface area contributed by atoms with Crippen LogP contribution in [-0.4, -0.2) is 18.4 Å². The first-order valence-corrected chi connectivity index (χ1v) is 9.30. The number of fused-ring (bicyclic) bond motifs is 2. The summed E-state index contributed by atoms with van der Waals surface area (Å²) < 4.78 is 0. The molecule has 2 aromatic rings. The Morgan fingerprint density at radius 3 is 2.92 bits per heavy atom. The molecule has 4 N–H and O–H groups in total.